The Morgan fingerprint density at radius 2 is 2.03 bits per heavy atom. The highest BCUT2D eigenvalue weighted by atomic mass is 19.4. The zero-order valence-corrected chi connectivity index (χ0v) is 21.6. The van der Waals surface area contributed by atoms with E-state index in [1.54, 1.807) is 6.07 Å². The van der Waals surface area contributed by atoms with E-state index in [-0.39, 0.29) is 19.1 Å². The van der Waals surface area contributed by atoms with E-state index in [9.17, 15) is 18.0 Å². The van der Waals surface area contributed by atoms with Crippen LogP contribution in [0.4, 0.5) is 29.5 Å². The van der Waals surface area contributed by atoms with Gasteiger partial charge < -0.3 is 24.6 Å². The molecule has 1 N–H and O–H groups in total. The van der Waals surface area contributed by atoms with Crippen LogP contribution in [-0.2, 0) is 4.74 Å². The van der Waals surface area contributed by atoms with E-state index < -0.39 is 24.5 Å². The molecular weight excluding hydrogens is 499 g/mol. The van der Waals surface area contributed by atoms with Crippen LogP contribution in [0.25, 0.3) is 11.1 Å². The Bertz CT molecular complexity index is 1180. The average Bonchev–Trinajstić information content (AvgIpc) is 3.32. The van der Waals surface area contributed by atoms with E-state index in [0.29, 0.717) is 50.8 Å². The topological polar surface area (TPSA) is 90.7 Å². The van der Waals surface area contributed by atoms with Gasteiger partial charge in [0.05, 0.1) is 25.7 Å². The Hall–Kier alpha value is -3.52. The van der Waals surface area contributed by atoms with Gasteiger partial charge in [0.15, 0.2) is 0 Å². The van der Waals surface area contributed by atoms with Gasteiger partial charge in [-0.2, -0.15) is 23.4 Å². The quantitative estimate of drug-likeness (QED) is 0.516. The van der Waals surface area contributed by atoms with E-state index in [4.69, 9.17) is 14.7 Å². The molecule has 2 fully saturated rings. The Morgan fingerprint density at radius 1 is 1.26 bits per heavy atom. The first-order valence-corrected chi connectivity index (χ1v) is 12.7. The number of hydrogen-bond donors (Lipinski definition) is 1. The number of aromatic nitrogens is 1. The van der Waals surface area contributed by atoms with Crippen LogP contribution in [0.2, 0.25) is 0 Å². The number of anilines is 2. The second kappa shape index (κ2) is 11.9. The number of morpholine rings is 1. The number of carbonyl (C=O) groups is 1. The molecule has 0 bridgehead atoms. The normalized spacial score (nSPS) is 18.7. The SMILES string of the molecule is Cc1ccc(NC(=O)N2CC[C@@H](CC(F)(F)F)C2)cc1-c1cc(O[C@H](C)CC#N)nc(N2CCOCC2)c1. The summed E-state index contributed by atoms with van der Waals surface area (Å²) >= 11 is 0. The van der Waals surface area contributed by atoms with Gasteiger partial charge in [0.25, 0.3) is 0 Å². The van der Waals surface area contributed by atoms with E-state index >= 15 is 0 Å². The number of benzene rings is 1. The average molecular weight is 532 g/mol. The third-order valence-corrected chi connectivity index (χ3v) is 6.72. The van der Waals surface area contributed by atoms with Crippen LogP contribution in [0, 0.1) is 24.2 Å². The van der Waals surface area contributed by atoms with Crippen molar-refractivity contribution in [1.29, 1.82) is 5.26 Å². The van der Waals surface area contributed by atoms with Crippen molar-refractivity contribution in [2.75, 3.05) is 49.6 Å². The number of nitrogens with one attached hydrogen (secondary N) is 1. The van der Waals surface area contributed by atoms with Crippen LogP contribution in [0.15, 0.2) is 30.3 Å². The monoisotopic (exact) mass is 531 g/mol. The molecule has 4 rings (SSSR count). The summed E-state index contributed by atoms with van der Waals surface area (Å²) < 4.78 is 49.7. The van der Waals surface area contributed by atoms with E-state index in [2.05, 4.69) is 21.3 Å². The Labute approximate surface area is 220 Å². The van der Waals surface area contributed by atoms with Crippen LogP contribution in [0.3, 0.4) is 0 Å². The van der Waals surface area contributed by atoms with Crippen LogP contribution >= 0.6 is 0 Å². The van der Waals surface area contributed by atoms with Gasteiger partial charge >= 0.3 is 12.2 Å². The van der Waals surface area contributed by atoms with Crippen molar-refractivity contribution >= 4 is 17.5 Å². The van der Waals surface area contributed by atoms with Crippen LogP contribution in [0.1, 0.15) is 31.7 Å². The molecule has 2 atom stereocenters. The number of urea groups is 1. The Kier molecular flexibility index (Phi) is 8.62. The highest BCUT2D eigenvalue weighted by Gasteiger charge is 2.36. The van der Waals surface area contributed by atoms with Gasteiger partial charge in [-0.25, -0.2) is 4.79 Å². The maximum Gasteiger partial charge on any atom is 0.389 e. The van der Waals surface area contributed by atoms with Crippen molar-refractivity contribution in [2.45, 2.75) is 45.4 Å². The molecule has 38 heavy (non-hydrogen) atoms. The van der Waals surface area contributed by atoms with Crippen molar-refractivity contribution in [3.05, 3.63) is 35.9 Å². The number of rotatable bonds is 7. The zero-order valence-electron chi connectivity index (χ0n) is 21.6. The number of hydrogen-bond acceptors (Lipinski definition) is 6. The number of carbonyl (C=O) groups excluding carboxylic acids is 1. The van der Waals surface area contributed by atoms with Gasteiger partial charge in [-0.05, 0) is 61.1 Å². The second-order valence-electron chi connectivity index (χ2n) is 9.82. The lowest BCUT2D eigenvalue weighted by molar-refractivity contribution is -0.143. The largest absolute Gasteiger partial charge is 0.473 e. The number of nitriles is 1. The van der Waals surface area contributed by atoms with Gasteiger partial charge in [0, 0.05) is 44.4 Å². The van der Waals surface area contributed by atoms with Crippen molar-refractivity contribution in [1.82, 2.24) is 9.88 Å². The van der Waals surface area contributed by atoms with Crippen LogP contribution < -0.4 is 15.0 Å². The molecule has 2 aromatic rings. The minimum Gasteiger partial charge on any atom is -0.473 e. The lowest BCUT2D eigenvalue weighted by atomic mass is 10.00. The predicted octanol–water partition coefficient (Wildman–Crippen LogP) is 5.38. The number of ether oxygens (including phenoxy) is 2. The molecular formula is C27H32F3N5O3. The Morgan fingerprint density at radius 3 is 2.74 bits per heavy atom. The lowest BCUT2D eigenvalue weighted by Crippen LogP contribution is -2.36. The van der Waals surface area contributed by atoms with Gasteiger partial charge in [0.2, 0.25) is 5.88 Å². The second-order valence-corrected chi connectivity index (χ2v) is 9.82. The summed E-state index contributed by atoms with van der Waals surface area (Å²) in [6.07, 6.45) is -4.90. The number of likely N-dealkylation sites (tertiary alicyclic amines) is 1. The molecule has 8 nitrogen and oxygen atoms in total. The fraction of sp³-hybridized carbons (Fsp3) is 0.519. The molecule has 0 unspecified atom stereocenters. The van der Waals surface area contributed by atoms with Crippen molar-refractivity contribution in [3.8, 4) is 23.1 Å². The molecule has 2 aliphatic rings. The molecule has 2 aliphatic heterocycles. The maximum atomic E-state index is 12.8. The molecule has 0 saturated carbocycles. The summed E-state index contributed by atoms with van der Waals surface area (Å²) in [5, 5.41) is 11.9. The van der Waals surface area contributed by atoms with Gasteiger partial charge in [-0.1, -0.05) is 6.07 Å². The smallest absolute Gasteiger partial charge is 0.389 e. The first-order chi connectivity index (χ1) is 18.1. The van der Waals surface area contributed by atoms with E-state index in [0.717, 1.165) is 22.5 Å². The third kappa shape index (κ3) is 7.28. The number of nitrogens with zero attached hydrogens (tertiary/aromatic N) is 4. The molecule has 0 radical (unpaired) electrons. The first-order valence-electron chi connectivity index (χ1n) is 12.7. The molecule has 3 heterocycles. The number of alkyl halides is 3. The minimum atomic E-state index is -4.23. The maximum absolute atomic E-state index is 12.8. The van der Waals surface area contributed by atoms with Gasteiger partial charge in [-0.3, -0.25) is 0 Å². The standard InChI is InChI=1S/C27H32F3N5O3/c1-18-3-4-22(32-26(36)35-8-6-20(17-35)16-27(28,29)30)15-23(18)21-13-24(34-9-11-37-12-10-34)33-25(14-21)38-19(2)5-7-31/h3-4,13-15,19-20H,5-6,8-12,16-17H2,1-2H3,(H,32,36)/t19-,20+/m1/s1. The number of aryl methyl sites for hydroxylation is 1. The zero-order chi connectivity index (χ0) is 27.3. The summed E-state index contributed by atoms with van der Waals surface area (Å²) in [6, 6.07) is 11.0. The number of pyridine rings is 1. The lowest BCUT2D eigenvalue weighted by Gasteiger charge is -2.28. The predicted molar refractivity (Wildman–Crippen MR) is 137 cm³/mol. The molecule has 2 saturated heterocycles. The summed E-state index contributed by atoms with van der Waals surface area (Å²) in [7, 11) is 0. The fourth-order valence-electron chi connectivity index (χ4n) is 4.76. The molecule has 1 aromatic carbocycles. The van der Waals surface area contributed by atoms with Gasteiger partial charge in [-0.15, -0.1) is 0 Å². The minimum absolute atomic E-state index is 0.0822. The molecule has 204 valence electrons. The van der Waals surface area contributed by atoms with Crippen molar-refractivity contribution in [3.63, 3.8) is 0 Å². The molecule has 11 heteroatoms. The Balaban J connectivity index is 1.56. The van der Waals surface area contributed by atoms with E-state index in [1.807, 2.05) is 38.1 Å². The van der Waals surface area contributed by atoms with Gasteiger partial charge in [0.1, 0.15) is 11.9 Å². The van der Waals surface area contributed by atoms with Crippen LogP contribution in [-0.4, -0.2) is 67.6 Å². The van der Waals surface area contributed by atoms with Crippen molar-refractivity contribution in [2.24, 2.45) is 5.92 Å². The first kappa shape index (κ1) is 27.5. The summed E-state index contributed by atoms with van der Waals surface area (Å²) in [5.74, 6) is 0.548. The summed E-state index contributed by atoms with van der Waals surface area (Å²) in [4.78, 5) is 21.0. The number of halogens is 3. The highest BCUT2D eigenvalue weighted by Crippen LogP contribution is 2.34. The molecule has 1 aromatic heterocycles. The molecule has 0 aliphatic carbocycles. The molecule has 2 amide bonds. The summed E-state index contributed by atoms with van der Waals surface area (Å²) in [6.45, 7) is 6.69. The molecule has 0 spiro atoms. The van der Waals surface area contributed by atoms with Crippen molar-refractivity contribution < 1.29 is 27.4 Å². The highest BCUT2D eigenvalue weighted by molar-refractivity contribution is 5.90. The van der Waals surface area contributed by atoms with E-state index in [1.165, 1.54) is 4.90 Å². The summed E-state index contributed by atoms with van der Waals surface area (Å²) in [5.41, 5.74) is 3.19. The fourth-order valence-corrected chi connectivity index (χ4v) is 4.76. The number of amides is 2. The van der Waals surface area contributed by atoms with Crippen LogP contribution in [0.5, 0.6) is 5.88 Å². The third-order valence-electron chi connectivity index (χ3n) is 6.72.